The molecule has 0 bridgehead atoms. The molecule has 0 saturated heterocycles. The molecule has 0 fully saturated rings. The number of para-hydroxylation sites is 1. The van der Waals surface area contributed by atoms with Crippen LogP contribution < -0.4 is 0 Å². The molecule has 2 heterocycles. The Hall–Kier alpha value is -7.10. The summed E-state index contributed by atoms with van der Waals surface area (Å²) in [5.74, 6) is 0.713. The second-order valence-corrected chi connectivity index (χ2v) is 14.4. The first-order valence-electron chi connectivity index (χ1n) is 19.1. The van der Waals surface area contributed by atoms with Crippen molar-refractivity contribution in [2.24, 2.45) is 0 Å². The number of aryl methyl sites for hydroxylation is 1. The average Bonchev–Trinajstić information content (AvgIpc) is 3.60. The largest absolute Gasteiger partial charge is 0.310 e. The zero-order chi connectivity index (χ0) is 36.3. The SMILES string of the molecule is C1=Cc2c(c3ccc(-c4cccc5c6ccccc6c6cc(-c7nc(-c8ccccc8)cc(-c8ccccc8)n7)ccc6c45)cc3n2-c2ccccc2)CC1. The highest BCUT2D eigenvalue weighted by Crippen LogP contribution is 2.43. The minimum atomic E-state index is 0.713. The molecule has 0 unspecified atom stereocenters. The van der Waals surface area contributed by atoms with Crippen LogP contribution in [0, 0.1) is 0 Å². The van der Waals surface area contributed by atoms with Crippen LogP contribution in [-0.2, 0) is 6.42 Å². The van der Waals surface area contributed by atoms with Crippen LogP contribution in [0.2, 0.25) is 0 Å². The molecule has 0 atom stereocenters. The molecule has 0 radical (unpaired) electrons. The van der Waals surface area contributed by atoms with Crippen molar-refractivity contribution in [3.05, 3.63) is 193 Å². The van der Waals surface area contributed by atoms with Gasteiger partial charge in [0.15, 0.2) is 5.82 Å². The van der Waals surface area contributed by atoms with E-state index in [9.17, 15) is 0 Å². The molecule has 1 aliphatic carbocycles. The van der Waals surface area contributed by atoms with E-state index < -0.39 is 0 Å². The Morgan fingerprint density at radius 2 is 1.04 bits per heavy atom. The number of nitrogens with zero attached hydrogens (tertiary/aromatic N) is 3. The van der Waals surface area contributed by atoms with Gasteiger partial charge in [-0.05, 0) is 98.3 Å². The summed E-state index contributed by atoms with van der Waals surface area (Å²) >= 11 is 0. The fraction of sp³-hybridized carbons (Fsp3) is 0.0385. The molecule has 8 aromatic carbocycles. The van der Waals surface area contributed by atoms with Gasteiger partial charge in [0.25, 0.3) is 0 Å². The van der Waals surface area contributed by atoms with E-state index in [1.165, 1.54) is 71.3 Å². The van der Waals surface area contributed by atoms with Crippen LogP contribution in [0.25, 0.3) is 100 Å². The normalized spacial score (nSPS) is 12.5. The Bertz CT molecular complexity index is 3060. The summed E-state index contributed by atoms with van der Waals surface area (Å²) in [5.41, 5.74) is 12.5. The van der Waals surface area contributed by atoms with Gasteiger partial charge in [0, 0.05) is 33.5 Å². The summed E-state index contributed by atoms with van der Waals surface area (Å²) in [7, 11) is 0. The molecule has 0 amide bonds. The van der Waals surface area contributed by atoms with E-state index in [0.717, 1.165) is 40.9 Å². The number of rotatable bonds is 5. The molecule has 2 aromatic heterocycles. The van der Waals surface area contributed by atoms with Crippen LogP contribution in [0.3, 0.4) is 0 Å². The van der Waals surface area contributed by atoms with E-state index in [1.807, 2.05) is 12.1 Å². The minimum absolute atomic E-state index is 0.713. The van der Waals surface area contributed by atoms with Gasteiger partial charge in [-0.3, -0.25) is 0 Å². The first-order chi connectivity index (χ1) is 27.3. The smallest absolute Gasteiger partial charge is 0.160 e. The molecule has 11 rings (SSSR count). The van der Waals surface area contributed by atoms with Crippen molar-refractivity contribution in [2.75, 3.05) is 0 Å². The molecule has 258 valence electrons. The van der Waals surface area contributed by atoms with Gasteiger partial charge in [0.2, 0.25) is 0 Å². The quantitative estimate of drug-likeness (QED) is 0.167. The fourth-order valence-corrected chi connectivity index (χ4v) is 8.73. The van der Waals surface area contributed by atoms with Gasteiger partial charge in [-0.1, -0.05) is 152 Å². The summed E-state index contributed by atoms with van der Waals surface area (Å²) in [4.78, 5) is 10.4. The first kappa shape index (κ1) is 31.4. The van der Waals surface area contributed by atoms with Crippen molar-refractivity contribution in [3.63, 3.8) is 0 Å². The monoisotopic (exact) mass is 701 g/mol. The third-order valence-corrected chi connectivity index (χ3v) is 11.3. The Labute approximate surface area is 319 Å². The number of fused-ring (bicyclic) bond motifs is 9. The Balaban J connectivity index is 1.15. The van der Waals surface area contributed by atoms with Crippen molar-refractivity contribution < 1.29 is 0 Å². The fourth-order valence-electron chi connectivity index (χ4n) is 8.73. The Morgan fingerprint density at radius 1 is 0.436 bits per heavy atom. The summed E-state index contributed by atoms with van der Waals surface area (Å²) < 4.78 is 2.45. The second kappa shape index (κ2) is 12.8. The van der Waals surface area contributed by atoms with Crippen molar-refractivity contribution in [1.29, 1.82) is 0 Å². The van der Waals surface area contributed by atoms with E-state index in [1.54, 1.807) is 0 Å². The maximum absolute atomic E-state index is 5.19. The highest BCUT2D eigenvalue weighted by atomic mass is 15.0. The average molecular weight is 702 g/mol. The maximum Gasteiger partial charge on any atom is 0.160 e. The molecule has 0 N–H and O–H groups in total. The van der Waals surface area contributed by atoms with Gasteiger partial charge < -0.3 is 4.57 Å². The predicted octanol–water partition coefficient (Wildman–Crippen LogP) is 13.5. The zero-order valence-electron chi connectivity index (χ0n) is 30.2. The molecule has 55 heavy (non-hydrogen) atoms. The van der Waals surface area contributed by atoms with Gasteiger partial charge in [-0.25, -0.2) is 9.97 Å². The standard InChI is InChI=1S/C52H35N3/c1-4-15-34(16-5-1)47-33-48(35-17-6-2-7-18-35)54-52(53-47)37-28-30-45-46(31-37)41-22-11-10-21-40(41)44-25-14-24-39(51(44)45)36-27-29-43-42-23-12-13-26-49(42)55(50(43)32-36)38-19-8-3-9-20-38/h1-11,13-22,24-33H,12,23H2. The van der Waals surface area contributed by atoms with Gasteiger partial charge in [-0.2, -0.15) is 0 Å². The molecular formula is C52H35N3. The third kappa shape index (κ3) is 5.20. The summed E-state index contributed by atoms with van der Waals surface area (Å²) in [6, 6.07) is 63.1. The summed E-state index contributed by atoms with van der Waals surface area (Å²) in [6.07, 6.45) is 6.74. The number of aromatic nitrogens is 3. The van der Waals surface area contributed by atoms with E-state index in [0.29, 0.717) is 5.82 Å². The lowest BCUT2D eigenvalue weighted by atomic mass is 9.88. The highest BCUT2D eigenvalue weighted by molar-refractivity contribution is 6.29. The van der Waals surface area contributed by atoms with Crippen molar-refractivity contribution in [3.8, 4) is 50.7 Å². The van der Waals surface area contributed by atoms with E-state index in [2.05, 4.69) is 181 Å². The van der Waals surface area contributed by atoms with Crippen LogP contribution in [0.1, 0.15) is 17.7 Å². The minimum Gasteiger partial charge on any atom is -0.310 e. The number of allylic oxidation sites excluding steroid dienone is 1. The molecule has 3 heteroatoms. The van der Waals surface area contributed by atoms with Crippen LogP contribution in [0.15, 0.2) is 182 Å². The lowest BCUT2D eigenvalue weighted by molar-refractivity contribution is 0.967. The molecule has 0 spiro atoms. The molecule has 0 saturated carbocycles. The maximum atomic E-state index is 5.19. The highest BCUT2D eigenvalue weighted by Gasteiger charge is 2.21. The number of hydrogen-bond acceptors (Lipinski definition) is 2. The molecule has 0 aliphatic heterocycles. The third-order valence-electron chi connectivity index (χ3n) is 11.3. The Morgan fingerprint density at radius 3 is 1.76 bits per heavy atom. The Kier molecular flexibility index (Phi) is 7.31. The lowest BCUT2D eigenvalue weighted by Crippen LogP contribution is -1.99. The van der Waals surface area contributed by atoms with Gasteiger partial charge in [0.05, 0.1) is 16.9 Å². The summed E-state index contributed by atoms with van der Waals surface area (Å²) in [5, 5.41) is 8.71. The van der Waals surface area contributed by atoms with Gasteiger partial charge in [0.1, 0.15) is 0 Å². The summed E-state index contributed by atoms with van der Waals surface area (Å²) in [6.45, 7) is 0. The van der Waals surface area contributed by atoms with Gasteiger partial charge in [-0.15, -0.1) is 0 Å². The van der Waals surface area contributed by atoms with Crippen molar-refractivity contribution >= 4 is 49.3 Å². The van der Waals surface area contributed by atoms with Gasteiger partial charge >= 0.3 is 0 Å². The van der Waals surface area contributed by atoms with Crippen LogP contribution in [0.4, 0.5) is 0 Å². The van der Waals surface area contributed by atoms with E-state index >= 15 is 0 Å². The van der Waals surface area contributed by atoms with Crippen molar-refractivity contribution in [1.82, 2.24) is 14.5 Å². The number of hydrogen-bond donors (Lipinski definition) is 0. The predicted molar refractivity (Wildman–Crippen MR) is 230 cm³/mol. The first-order valence-corrected chi connectivity index (χ1v) is 19.1. The van der Waals surface area contributed by atoms with E-state index in [4.69, 9.17) is 9.97 Å². The second-order valence-electron chi connectivity index (χ2n) is 14.4. The number of benzene rings is 8. The molecule has 10 aromatic rings. The topological polar surface area (TPSA) is 30.7 Å². The molecule has 3 nitrogen and oxygen atoms in total. The van der Waals surface area contributed by atoms with Crippen LogP contribution >= 0.6 is 0 Å². The lowest BCUT2D eigenvalue weighted by Gasteiger charge is -2.16. The molecular weight excluding hydrogens is 667 g/mol. The van der Waals surface area contributed by atoms with Crippen LogP contribution in [-0.4, -0.2) is 14.5 Å². The molecule has 1 aliphatic rings. The zero-order valence-corrected chi connectivity index (χ0v) is 30.2. The van der Waals surface area contributed by atoms with E-state index in [-0.39, 0.29) is 0 Å². The van der Waals surface area contributed by atoms with Crippen molar-refractivity contribution in [2.45, 2.75) is 12.8 Å². The van der Waals surface area contributed by atoms with Crippen LogP contribution in [0.5, 0.6) is 0 Å².